The van der Waals surface area contributed by atoms with Gasteiger partial charge in [-0.2, -0.15) is 5.26 Å². The van der Waals surface area contributed by atoms with Crippen LogP contribution in [0.15, 0.2) is 71.3 Å². The maximum absolute atomic E-state index is 12.9. The number of nitrogens with one attached hydrogen (secondary N) is 1. The first-order chi connectivity index (χ1) is 13.1. The number of hydrogen-bond acceptors (Lipinski definition) is 2. The standard InChI is InChI=1S/C22H20BrN3O/c1-16(10-11-17-6-3-2-4-7-17)25-22(27)21-18(15-24)12-13-26(21)20-9-5-8-19(23)14-20/h2-9,12-14,16H,10-11H2,1H3,(H,25,27). The van der Waals surface area contributed by atoms with Crippen LogP contribution in [-0.4, -0.2) is 16.5 Å². The Morgan fingerprint density at radius 2 is 1.96 bits per heavy atom. The van der Waals surface area contributed by atoms with E-state index in [9.17, 15) is 10.1 Å². The molecule has 3 aromatic rings. The van der Waals surface area contributed by atoms with Crippen LogP contribution in [0.1, 0.15) is 35.0 Å². The number of carbonyl (C=O) groups excluding carboxylic acids is 1. The van der Waals surface area contributed by atoms with Gasteiger partial charge < -0.3 is 9.88 Å². The van der Waals surface area contributed by atoms with Crippen molar-refractivity contribution in [2.45, 2.75) is 25.8 Å². The zero-order valence-corrected chi connectivity index (χ0v) is 16.6. The Hall–Kier alpha value is -2.84. The summed E-state index contributed by atoms with van der Waals surface area (Å²) < 4.78 is 2.66. The van der Waals surface area contributed by atoms with E-state index in [0.29, 0.717) is 11.3 Å². The van der Waals surface area contributed by atoms with Gasteiger partial charge in [0.25, 0.3) is 5.91 Å². The number of halogens is 1. The molecule has 5 heteroatoms. The van der Waals surface area contributed by atoms with Crippen LogP contribution in [0.3, 0.4) is 0 Å². The monoisotopic (exact) mass is 421 g/mol. The molecule has 1 atom stereocenters. The summed E-state index contributed by atoms with van der Waals surface area (Å²) in [6, 6.07) is 21.6. The van der Waals surface area contributed by atoms with Crippen molar-refractivity contribution in [3.63, 3.8) is 0 Å². The summed E-state index contributed by atoms with van der Waals surface area (Å²) in [7, 11) is 0. The Balaban J connectivity index is 1.76. The predicted molar refractivity (Wildman–Crippen MR) is 110 cm³/mol. The molecule has 0 aliphatic heterocycles. The zero-order valence-electron chi connectivity index (χ0n) is 15.0. The summed E-state index contributed by atoms with van der Waals surface area (Å²) in [4.78, 5) is 12.9. The molecule has 27 heavy (non-hydrogen) atoms. The first-order valence-electron chi connectivity index (χ1n) is 8.80. The van der Waals surface area contributed by atoms with Crippen LogP contribution in [0, 0.1) is 11.3 Å². The van der Waals surface area contributed by atoms with Crippen molar-refractivity contribution in [3.05, 3.63) is 88.2 Å². The lowest BCUT2D eigenvalue weighted by Gasteiger charge is -2.16. The van der Waals surface area contributed by atoms with Crippen molar-refractivity contribution < 1.29 is 4.79 Å². The number of nitriles is 1. The molecule has 1 amide bonds. The Morgan fingerprint density at radius 1 is 1.19 bits per heavy atom. The first-order valence-corrected chi connectivity index (χ1v) is 9.60. The molecule has 1 N–H and O–H groups in total. The van der Waals surface area contributed by atoms with Gasteiger partial charge in [-0.1, -0.05) is 52.3 Å². The van der Waals surface area contributed by atoms with E-state index in [0.717, 1.165) is 23.0 Å². The van der Waals surface area contributed by atoms with Gasteiger partial charge in [0.1, 0.15) is 11.8 Å². The summed E-state index contributed by atoms with van der Waals surface area (Å²) in [6.07, 6.45) is 3.47. The van der Waals surface area contributed by atoms with Gasteiger partial charge >= 0.3 is 0 Å². The summed E-state index contributed by atoms with van der Waals surface area (Å²) in [6.45, 7) is 1.99. The van der Waals surface area contributed by atoms with Crippen LogP contribution in [0.25, 0.3) is 5.69 Å². The van der Waals surface area contributed by atoms with Crippen molar-refractivity contribution in [1.82, 2.24) is 9.88 Å². The maximum Gasteiger partial charge on any atom is 0.269 e. The number of benzene rings is 2. The van der Waals surface area contributed by atoms with Crippen molar-refractivity contribution >= 4 is 21.8 Å². The molecular weight excluding hydrogens is 402 g/mol. The predicted octanol–water partition coefficient (Wildman–Crippen LogP) is 4.86. The number of nitrogens with zero attached hydrogens (tertiary/aromatic N) is 2. The van der Waals surface area contributed by atoms with Crippen molar-refractivity contribution in [3.8, 4) is 11.8 Å². The Kier molecular flexibility index (Phi) is 6.10. The van der Waals surface area contributed by atoms with Crippen LogP contribution < -0.4 is 5.32 Å². The fraction of sp³-hybridized carbons (Fsp3) is 0.182. The van der Waals surface area contributed by atoms with Gasteiger partial charge in [-0.3, -0.25) is 4.79 Å². The molecule has 0 saturated heterocycles. The third-order valence-corrected chi connectivity index (χ3v) is 4.89. The minimum Gasteiger partial charge on any atom is -0.348 e. The normalized spacial score (nSPS) is 11.6. The van der Waals surface area contributed by atoms with E-state index in [-0.39, 0.29) is 11.9 Å². The van der Waals surface area contributed by atoms with Gasteiger partial charge in [0.05, 0.1) is 5.56 Å². The number of carbonyl (C=O) groups is 1. The van der Waals surface area contributed by atoms with E-state index < -0.39 is 0 Å². The fourth-order valence-corrected chi connectivity index (χ4v) is 3.37. The lowest BCUT2D eigenvalue weighted by Crippen LogP contribution is -2.34. The lowest BCUT2D eigenvalue weighted by atomic mass is 10.1. The molecule has 0 aliphatic carbocycles. The average molecular weight is 422 g/mol. The van der Waals surface area contributed by atoms with E-state index in [4.69, 9.17) is 0 Å². The van der Waals surface area contributed by atoms with Crippen LogP contribution in [0.5, 0.6) is 0 Å². The second-order valence-corrected chi connectivity index (χ2v) is 7.35. The van der Waals surface area contributed by atoms with Crippen molar-refractivity contribution in [1.29, 1.82) is 5.26 Å². The highest BCUT2D eigenvalue weighted by molar-refractivity contribution is 9.10. The quantitative estimate of drug-likeness (QED) is 0.617. The molecule has 1 heterocycles. The molecule has 1 aromatic heterocycles. The lowest BCUT2D eigenvalue weighted by molar-refractivity contribution is 0.0931. The summed E-state index contributed by atoms with van der Waals surface area (Å²) >= 11 is 3.45. The summed E-state index contributed by atoms with van der Waals surface area (Å²) in [5, 5.41) is 12.4. The molecule has 0 aliphatic rings. The van der Waals surface area contributed by atoms with Gasteiger partial charge in [-0.15, -0.1) is 0 Å². The van der Waals surface area contributed by atoms with Crippen LogP contribution in [0.2, 0.25) is 0 Å². The highest BCUT2D eigenvalue weighted by Gasteiger charge is 2.20. The molecule has 0 spiro atoms. The van der Waals surface area contributed by atoms with Gasteiger partial charge in [0, 0.05) is 22.4 Å². The molecule has 4 nitrogen and oxygen atoms in total. The van der Waals surface area contributed by atoms with E-state index in [1.807, 2.05) is 49.4 Å². The van der Waals surface area contributed by atoms with Gasteiger partial charge in [0.2, 0.25) is 0 Å². The molecule has 3 rings (SSSR count). The molecule has 0 bridgehead atoms. The molecular formula is C22H20BrN3O. The van der Waals surface area contributed by atoms with E-state index in [1.165, 1.54) is 5.56 Å². The largest absolute Gasteiger partial charge is 0.348 e. The Morgan fingerprint density at radius 3 is 2.67 bits per heavy atom. The van der Waals surface area contributed by atoms with E-state index in [1.54, 1.807) is 16.8 Å². The number of aryl methyl sites for hydroxylation is 1. The number of amides is 1. The van der Waals surface area contributed by atoms with Crippen LogP contribution >= 0.6 is 15.9 Å². The SMILES string of the molecule is CC(CCc1ccccc1)NC(=O)c1c(C#N)ccn1-c1cccc(Br)c1. The Bertz CT molecular complexity index is 973. The average Bonchev–Trinajstić information content (AvgIpc) is 3.11. The minimum atomic E-state index is -0.239. The van der Waals surface area contributed by atoms with Gasteiger partial charge in [-0.05, 0) is 49.6 Å². The zero-order chi connectivity index (χ0) is 19.2. The van der Waals surface area contributed by atoms with Crippen LogP contribution in [0.4, 0.5) is 0 Å². The van der Waals surface area contributed by atoms with E-state index >= 15 is 0 Å². The highest BCUT2D eigenvalue weighted by Crippen LogP contribution is 2.20. The smallest absolute Gasteiger partial charge is 0.269 e. The van der Waals surface area contributed by atoms with Gasteiger partial charge in [0.15, 0.2) is 0 Å². The molecule has 2 aromatic carbocycles. The number of hydrogen-bond donors (Lipinski definition) is 1. The molecule has 0 radical (unpaired) electrons. The highest BCUT2D eigenvalue weighted by atomic mass is 79.9. The van der Waals surface area contributed by atoms with Crippen molar-refractivity contribution in [2.24, 2.45) is 0 Å². The number of rotatable bonds is 6. The van der Waals surface area contributed by atoms with E-state index in [2.05, 4.69) is 39.4 Å². The molecule has 136 valence electrons. The Labute approximate surface area is 167 Å². The molecule has 0 saturated carbocycles. The second-order valence-electron chi connectivity index (χ2n) is 6.44. The summed E-state index contributed by atoms with van der Waals surface area (Å²) in [5.74, 6) is -0.239. The van der Waals surface area contributed by atoms with Crippen LogP contribution in [-0.2, 0) is 6.42 Å². The molecule has 1 unspecified atom stereocenters. The maximum atomic E-state index is 12.9. The topological polar surface area (TPSA) is 57.8 Å². The van der Waals surface area contributed by atoms with Gasteiger partial charge in [-0.25, -0.2) is 0 Å². The second kappa shape index (κ2) is 8.70. The molecule has 0 fully saturated rings. The minimum absolute atomic E-state index is 0.00453. The van der Waals surface area contributed by atoms with Crippen molar-refractivity contribution in [2.75, 3.05) is 0 Å². The third kappa shape index (κ3) is 4.66. The fourth-order valence-electron chi connectivity index (χ4n) is 2.99. The number of aromatic nitrogens is 1. The third-order valence-electron chi connectivity index (χ3n) is 4.39. The first kappa shape index (κ1) is 18.9. The summed E-state index contributed by atoms with van der Waals surface area (Å²) in [5.41, 5.74) is 2.80.